The Morgan fingerprint density at radius 2 is 1.49 bits per heavy atom. The zero-order chi connectivity index (χ0) is 29.7. The van der Waals surface area contributed by atoms with Crippen LogP contribution < -0.4 is 15.7 Å². The highest BCUT2D eigenvalue weighted by molar-refractivity contribution is 5.85. The lowest BCUT2D eigenvalue weighted by Crippen LogP contribution is -2.66. The molecule has 0 unspecified atom stereocenters. The number of carboxylic acids is 1. The van der Waals surface area contributed by atoms with Gasteiger partial charge >= 0.3 is 12.1 Å². The summed E-state index contributed by atoms with van der Waals surface area (Å²) in [4.78, 5) is 34.6. The summed E-state index contributed by atoms with van der Waals surface area (Å²) in [5.74, 6) is -3.09. The van der Waals surface area contributed by atoms with Crippen LogP contribution in [0.3, 0.4) is 0 Å². The average molecular weight is 578 g/mol. The summed E-state index contributed by atoms with van der Waals surface area (Å²) in [5, 5.41) is 26.7. The molecule has 12 heteroatoms. The van der Waals surface area contributed by atoms with Crippen LogP contribution in [0.1, 0.15) is 24.0 Å². The van der Waals surface area contributed by atoms with Crippen molar-refractivity contribution in [3.8, 4) is 0 Å². The zero-order valence-electron chi connectivity index (χ0n) is 22.4. The summed E-state index contributed by atoms with van der Waals surface area (Å²) in [6, 6.07) is 18.1. The van der Waals surface area contributed by atoms with Crippen LogP contribution in [0.4, 0.5) is 13.2 Å². The van der Waals surface area contributed by atoms with E-state index in [0.717, 1.165) is 56.6 Å². The Kier molecular flexibility index (Phi) is 9.35. The highest BCUT2D eigenvalue weighted by Gasteiger charge is 2.50. The summed E-state index contributed by atoms with van der Waals surface area (Å²) >= 11 is 0. The molecular formula is C29H34F3N3O6. The first-order valence-corrected chi connectivity index (χ1v) is 13.6. The summed E-state index contributed by atoms with van der Waals surface area (Å²) in [7, 11) is 0. The number of piperidine rings is 3. The third-order valence-corrected chi connectivity index (χ3v) is 8.25. The van der Waals surface area contributed by atoms with Crippen molar-refractivity contribution in [1.29, 1.82) is 0 Å². The van der Waals surface area contributed by atoms with E-state index < -0.39 is 23.7 Å². The van der Waals surface area contributed by atoms with Crippen LogP contribution in [0.15, 0.2) is 60.7 Å². The Hall–Kier alpha value is -3.48. The number of carboxylic acid groups (broad SMARTS) is 1. The van der Waals surface area contributed by atoms with Gasteiger partial charge in [0.25, 0.3) is 0 Å². The van der Waals surface area contributed by atoms with Gasteiger partial charge < -0.3 is 34.9 Å². The number of amides is 1. The lowest BCUT2D eigenvalue weighted by molar-refractivity contribution is -0.945. The van der Waals surface area contributed by atoms with Crippen LogP contribution >= 0.6 is 0 Å². The molecular weight excluding hydrogens is 543 g/mol. The maximum Gasteiger partial charge on any atom is 0.430 e. The summed E-state index contributed by atoms with van der Waals surface area (Å²) < 4.78 is 38.5. The van der Waals surface area contributed by atoms with Crippen molar-refractivity contribution in [2.24, 2.45) is 11.8 Å². The number of carbonyl (C=O) groups is 3. The maximum atomic E-state index is 13.6. The third kappa shape index (κ3) is 7.06. The molecule has 4 aliphatic heterocycles. The summed E-state index contributed by atoms with van der Waals surface area (Å²) in [5.41, 5.74) is -0.849. The topological polar surface area (TPSA) is 128 Å². The highest BCUT2D eigenvalue weighted by atomic mass is 19.4. The Morgan fingerprint density at radius 1 is 0.976 bits per heavy atom. The van der Waals surface area contributed by atoms with Gasteiger partial charge in [0.1, 0.15) is 12.5 Å². The van der Waals surface area contributed by atoms with Gasteiger partial charge in [-0.25, -0.2) is 4.79 Å². The van der Waals surface area contributed by atoms with Crippen molar-refractivity contribution in [2.75, 3.05) is 45.8 Å². The summed E-state index contributed by atoms with van der Waals surface area (Å²) in [6.07, 6.45) is -3.44. The van der Waals surface area contributed by atoms with Crippen molar-refractivity contribution < 1.29 is 47.0 Å². The van der Waals surface area contributed by atoms with E-state index in [4.69, 9.17) is 14.6 Å². The molecule has 0 aromatic heterocycles. The molecule has 4 saturated heterocycles. The van der Waals surface area contributed by atoms with Gasteiger partial charge in [-0.2, -0.15) is 13.2 Å². The minimum atomic E-state index is -5.19. The maximum absolute atomic E-state index is 13.6. The van der Waals surface area contributed by atoms with Gasteiger partial charge in [0, 0.05) is 31.8 Å². The van der Waals surface area contributed by atoms with Gasteiger partial charge in [-0.1, -0.05) is 60.7 Å². The predicted molar refractivity (Wildman–Crippen MR) is 139 cm³/mol. The number of aliphatic hydroxyl groups is 1. The number of nitrogens with zero attached hydrogens (tertiary/aromatic N) is 1. The fourth-order valence-corrected chi connectivity index (χ4v) is 5.69. The van der Waals surface area contributed by atoms with Gasteiger partial charge in [-0.15, -0.1) is 0 Å². The monoisotopic (exact) mass is 577 g/mol. The van der Waals surface area contributed by atoms with E-state index in [1.165, 1.54) is 0 Å². The van der Waals surface area contributed by atoms with Crippen LogP contribution in [0.25, 0.3) is 0 Å². The molecule has 1 amide bonds. The molecule has 222 valence electrons. The molecule has 0 spiro atoms. The standard InChI is InChI=1S/C27H33N3O4.C2HF3O2/c31-25(21-17-28-18-21)29-13-16-30-14-11-20(12-15-30)24(19-30)34-26(32)27(33,22-7-3-1-4-8-22)23-9-5-2-6-10-23;3-2(4,5)1(6)7/h1-10,20-21,24,28,33H,11-19H2;(H,6,7)/t20?,24-,30?;/m0./s1. The van der Waals surface area contributed by atoms with Crippen molar-refractivity contribution in [3.05, 3.63) is 71.8 Å². The first-order valence-electron chi connectivity index (χ1n) is 13.6. The van der Waals surface area contributed by atoms with E-state index in [9.17, 15) is 27.9 Å². The lowest BCUT2D eigenvalue weighted by atomic mass is 9.82. The minimum Gasteiger partial charge on any atom is -0.542 e. The number of halogens is 3. The Bertz CT molecular complexity index is 1160. The van der Waals surface area contributed by atoms with Gasteiger partial charge in [0.05, 0.1) is 32.1 Å². The van der Waals surface area contributed by atoms with Crippen LogP contribution in [-0.4, -0.2) is 85.5 Å². The Balaban J connectivity index is 0.000000493. The molecule has 0 saturated carbocycles. The number of fused-ring (bicyclic) bond motifs is 3. The first-order chi connectivity index (χ1) is 19.4. The van der Waals surface area contributed by atoms with E-state index in [0.29, 0.717) is 23.6 Å². The number of nitrogens with one attached hydrogen (secondary N) is 2. The number of aliphatic carboxylic acids is 1. The third-order valence-electron chi connectivity index (χ3n) is 8.25. The number of quaternary nitrogens is 1. The molecule has 4 aliphatic rings. The lowest BCUT2D eigenvalue weighted by Gasteiger charge is -2.52. The Morgan fingerprint density at radius 3 is 1.93 bits per heavy atom. The van der Waals surface area contributed by atoms with Gasteiger partial charge in [-0.3, -0.25) is 4.79 Å². The average Bonchev–Trinajstić information content (AvgIpc) is 2.93. The van der Waals surface area contributed by atoms with E-state index in [-0.39, 0.29) is 17.9 Å². The van der Waals surface area contributed by atoms with Crippen LogP contribution in [0.5, 0.6) is 0 Å². The van der Waals surface area contributed by atoms with Crippen molar-refractivity contribution in [3.63, 3.8) is 0 Å². The molecule has 4 heterocycles. The van der Waals surface area contributed by atoms with Crippen molar-refractivity contribution >= 4 is 17.8 Å². The predicted octanol–water partition coefficient (Wildman–Crippen LogP) is 0.709. The van der Waals surface area contributed by atoms with E-state index in [2.05, 4.69) is 10.6 Å². The van der Waals surface area contributed by atoms with E-state index in [1.54, 1.807) is 24.3 Å². The second kappa shape index (κ2) is 12.6. The van der Waals surface area contributed by atoms with Crippen molar-refractivity contribution in [2.45, 2.75) is 30.7 Å². The summed E-state index contributed by atoms with van der Waals surface area (Å²) in [6.45, 7) is 5.82. The molecule has 2 aromatic rings. The SMILES string of the molecule is O=C(NCC[N+]12CCC(CC1)[C@@H](OC(=O)C(O)(c1ccccc1)c1ccccc1)C2)C1CNC1.O=C([O-])C(F)(F)F. The smallest absolute Gasteiger partial charge is 0.430 e. The second-order valence-corrected chi connectivity index (χ2v) is 10.9. The number of carbonyl (C=O) groups excluding carboxylic acids is 3. The highest BCUT2D eigenvalue weighted by Crippen LogP contribution is 2.38. The number of rotatable bonds is 8. The molecule has 2 bridgehead atoms. The molecule has 6 rings (SSSR count). The molecule has 9 nitrogen and oxygen atoms in total. The van der Waals surface area contributed by atoms with Crippen LogP contribution in [-0.2, 0) is 24.7 Å². The number of ether oxygens (including phenoxy) is 1. The molecule has 4 fully saturated rings. The molecule has 1 atom stereocenters. The van der Waals surface area contributed by atoms with Gasteiger partial charge in [0.15, 0.2) is 6.10 Å². The quantitative estimate of drug-likeness (QED) is 0.312. The molecule has 3 N–H and O–H groups in total. The Labute approximate surface area is 235 Å². The molecule has 2 aromatic carbocycles. The van der Waals surface area contributed by atoms with Gasteiger partial charge in [-0.05, 0) is 11.1 Å². The first kappa shape index (κ1) is 30.5. The molecule has 0 radical (unpaired) electrons. The minimum absolute atomic E-state index is 0.0921. The largest absolute Gasteiger partial charge is 0.542 e. The molecule has 41 heavy (non-hydrogen) atoms. The number of esters is 1. The zero-order valence-corrected chi connectivity index (χ0v) is 22.4. The van der Waals surface area contributed by atoms with Gasteiger partial charge in [0.2, 0.25) is 11.5 Å². The fourth-order valence-electron chi connectivity index (χ4n) is 5.69. The number of alkyl halides is 3. The van der Waals surface area contributed by atoms with E-state index >= 15 is 0 Å². The fraction of sp³-hybridized carbons (Fsp3) is 0.483. The number of hydrogen-bond acceptors (Lipinski definition) is 7. The number of benzene rings is 2. The normalized spacial score (nSPS) is 23.9. The van der Waals surface area contributed by atoms with E-state index in [1.807, 2.05) is 36.4 Å². The van der Waals surface area contributed by atoms with Crippen LogP contribution in [0, 0.1) is 11.8 Å². The second-order valence-electron chi connectivity index (χ2n) is 10.9. The number of hydrogen-bond donors (Lipinski definition) is 3. The van der Waals surface area contributed by atoms with Crippen molar-refractivity contribution in [1.82, 2.24) is 10.6 Å². The van der Waals surface area contributed by atoms with Crippen LogP contribution in [0.2, 0.25) is 0 Å². The molecule has 0 aliphatic carbocycles.